The Bertz CT molecular complexity index is 861. The lowest BCUT2D eigenvalue weighted by Crippen LogP contribution is -2.45. The average molecular weight is 419 g/mol. The summed E-state index contributed by atoms with van der Waals surface area (Å²) < 4.78 is 16.3. The van der Waals surface area contributed by atoms with Gasteiger partial charge in [-0.2, -0.15) is 0 Å². The molecule has 0 saturated heterocycles. The van der Waals surface area contributed by atoms with E-state index in [1.165, 1.54) is 18.3 Å². The maximum Gasteiger partial charge on any atom is 0.329 e. The summed E-state index contributed by atoms with van der Waals surface area (Å²) in [6.45, 7) is 1.48. The van der Waals surface area contributed by atoms with Gasteiger partial charge in [0.2, 0.25) is 5.91 Å². The van der Waals surface area contributed by atoms with Crippen molar-refractivity contribution in [2.75, 3.05) is 14.2 Å². The quantitative estimate of drug-likeness (QED) is 0.660. The van der Waals surface area contributed by atoms with Crippen LogP contribution in [0.1, 0.15) is 38.3 Å². The molecule has 7 nitrogen and oxygen atoms in total. The van der Waals surface area contributed by atoms with E-state index in [4.69, 9.17) is 14.2 Å². The number of thiazole rings is 1. The van der Waals surface area contributed by atoms with Crippen molar-refractivity contribution in [1.29, 1.82) is 0 Å². The Kier molecular flexibility index (Phi) is 7.09. The smallest absolute Gasteiger partial charge is 0.329 e. The highest BCUT2D eigenvalue weighted by molar-refractivity contribution is 7.13. The van der Waals surface area contributed by atoms with Crippen LogP contribution in [0, 0.1) is 5.92 Å². The summed E-state index contributed by atoms with van der Waals surface area (Å²) in [4.78, 5) is 28.7. The molecule has 0 radical (unpaired) electrons. The van der Waals surface area contributed by atoms with Crippen molar-refractivity contribution >= 4 is 23.2 Å². The monoisotopic (exact) mass is 418 g/mol. The molecule has 0 bridgehead atoms. The normalized spacial score (nSPS) is 15.0. The second-order valence-electron chi connectivity index (χ2n) is 7.02. The van der Waals surface area contributed by atoms with Crippen LogP contribution in [-0.2, 0) is 20.9 Å². The molecule has 1 aromatic heterocycles. The van der Waals surface area contributed by atoms with E-state index in [1.807, 2.05) is 23.6 Å². The van der Waals surface area contributed by atoms with Gasteiger partial charge < -0.3 is 19.5 Å². The number of amides is 1. The third-order valence-electron chi connectivity index (χ3n) is 5.03. The third kappa shape index (κ3) is 5.06. The number of carbonyl (C=O) groups is 2. The molecule has 2 aromatic rings. The molecule has 1 amide bonds. The highest BCUT2D eigenvalue weighted by Gasteiger charge is 2.32. The summed E-state index contributed by atoms with van der Waals surface area (Å²) >= 11 is 1.44. The number of rotatable bonds is 8. The summed E-state index contributed by atoms with van der Waals surface area (Å²) in [7, 11) is 3.17. The van der Waals surface area contributed by atoms with Crippen molar-refractivity contribution in [2.45, 2.75) is 45.3 Å². The number of ether oxygens (including phenoxy) is 3. The van der Waals surface area contributed by atoms with Crippen molar-refractivity contribution in [3.05, 3.63) is 29.3 Å². The highest BCUT2D eigenvalue weighted by atomic mass is 32.1. The second-order valence-corrected chi connectivity index (χ2v) is 7.87. The lowest BCUT2D eigenvalue weighted by Gasteiger charge is -2.22. The number of hydrogen-bond acceptors (Lipinski definition) is 7. The van der Waals surface area contributed by atoms with Gasteiger partial charge in [-0.05, 0) is 30.9 Å². The Balaban J connectivity index is 1.68. The second kappa shape index (κ2) is 9.73. The van der Waals surface area contributed by atoms with Crippen molar-refractivity contribution < 1.29 is 23.8 Å². The number of hydrogen-bond donors (Lipinski definition) is 1. The Labute approximate surface area is 174 Å². The van der Waals surface area contributed by atoms with Gasteiger partial charge in [0.05, 0.1) is 25.5 Å². The molecule has 1 N–H and O–H groups in total. The summed E-state index contributed by atoms with van der Waals surface area (Å²) in [5.41, 5.74) is 1.47. The van der Waals surface area contributed by atoms with Crippen LogP contribution in [0.3, 0.4) is 0 Å². The van der Waals surface area contributed by atoms with Gasteiger partial charge in [-0.1, -0.05) is 18.9 Å². The average Bonchev–Trinajstić information content (AvgIpc) is 3.41. The number of nitrogens with one attached hydrogen (secondary N) is 1. The van der Waals surface area contributed by atoms with E-state index < -0.39 is 12.0 Å². The summed E-state index contributed by atoms with van der Waals surface area (Å²) in [6.07, 6.45) is 4.00. The first kappa shape index (κ1) is 21.1. The minimum Gasteiger partial charge on any atom is -0.493 e. The largest absolute Gasteiger partial charge is 0.493 e. The van der Waals surface area contributed by atoms with Gasteiger partial charge in [0.25, 0.3) is 0 Å². The minimum absolute atomic E-state index is 0.0599. The molecule has 29 heavy (non-hydrogen) atoms. The predicted octanol–water partition coefficient (Wildman–Crippen LogP) is 3.57. The molecule has 1 saturated carbocycles. The molecule has 1 heterocycles. The fourth-order valence-electron chi connectivity index (χ4n) is 3.67. The fraction of sp³-hybridized carbons (Fsp3) is 0.476. The molecule has 1 unspecified atom stereocenters. The minimum atomic E-state index is -0.591. The van der Waals surface area contributed by atoms with Gasteiger partial charge >= 0.3 is 5.97 Å². The number of methoxy groups -OCH3 is 2. The topological polar surface area (TPSA) is 86.8 Å². The van der Waals surface area contributed by atoms with E-state index in [-0.39, 0.29) is 18.4 Å². The van der Waals surface area contributed by atoms with Crippen molar-refractivity contribution in [1.82, 2.24) is 10.3 Å². The van der Waals surface area contributed by atoms with Crippen LogP contribution in [0.4, 0.5) is 0 Å². The first-order valence-electron chi connectivity index (χ1n) is 9.63. The van der Waals surface area contributed by atoms with Crippen LogP contribution in [-0.4, -0.2) is 37.1 Å². The van der Waals surface area contributed by atoms with E-state index >= 15 is 0 Å². The van der Waals surface area contributed by atoms with Crippen LogP contribution in [0.25, 0.3) is 10.6 Å². The van der Waals surface area contributed by atoms with Crippen molar-refractivity contribution in [3.8, 4) is 22.1 Å². The molecule has 156 valence electrons. The Hall–Kier alpha value is -2.61. The molecule has 1 aromatic carbocycles. The van der Waals surface area contributed by atoms with Gasteiger partial charge in [0.15, 0.2) is 11.5 Å². The molecule has 0 aliphatic heterocycles. The van der Waals surface area contributed by atoms with Gasteiger partial charge in [0.1, 0.15) is 17.7 Å². The Morgan fingerprint density at radius 2 is 2.00 bits per heavy atom. The molecule has 0 spiro atoms. The Morgan fingerprint density at radius 1 is 1.24 bits per heavy atom. The van der Waals surface area contributed by atoms with Crippen LogP contribution in [0.5, 0.6) is 11.5 Å². The summed E-state index contributed by atoms with van der Waals surface area (Å²) in [5.74, 6) is 0.752. The maximum absolute atomic E-state index is 12.6. The lowest BCUT2D eigenvalue weighted by atomic mass is 9.98. The maximum atomic E-state index is 12.6. The zero-order chi connectivity index (χ0) is 20.8. The lowest BCUT2D eigenvalue weighted by molar-refractivity contribution is -0.150. The molecule has 8 heteroatoms. The molecule has 1 aliphatic carbocycles. The number of para-hydroxylation sites is 1. The van der Waals surface area contributed by atoms with E-state index in [0.29, 0.717) is 17.2 Å². The van der Waals surface area contributed by atoms with Crippen molar-refractivity contribution in [3.63, 3.8) is 0 Å². The van der Waals surface area contributed by atoms with E-state index in [2.05, 4.69) is 10.3 Å². The third-order valence-corrected chi connectivity index (χ3v) is 5.96. The van der Waals surface area contributed by atoms with Gasteiger partial charge in [-0.25, -0.2) is 9.78 Å². The molecule has 1 aliphatic rings. The molecular formula is C21H26N2O5S. The standard InChI is InChI=1S/C21H26N2O5S/c1-13(24)22-18(14-7-4-5-8-14)21(25)28-11-15-12-29-20(23-15)16-9-6-10-17(26-2)19(16)27-3/h6,9-10,12,14,18H,4-5,7-8,11H2,1-3H3,(H,22,24). The summed E-state index contributed by atoms with van der Waals surface area (Å²) in [5, 5.41) is 5.36. The summed E-state index contributed by atoms with van der Waals surface area (Å²) in [6, 6.07) is 5.01. The zero-order valence-corrected chi connectivity index (χ0v) is 17.7. The first-order valence-corrected chi connectivity index (χ1v) is 10.5. The van der Waals surface area contributed by atoms with E-state index in [1.54, 1.807) is 14.2 Å². The SMILES string of the molecule is COc1cccc(-c2nc(COC(=O)C(NC(C)=O)C3CCCC3)cs2)c1OC. The number of carbonyl (C=O) groups excluding carboxylic acids is 2. The molecule has 1 atom stereocenters. The Morgan fingerprint density at radius 3 is 2.66 bits per heavy atom. The van der Waals surface area contributed by atoms with E-state index in [0.717, 1.165) is 36.3 Å². The van der Waals surface area contributed by atoms with Crippen LogP contribution in [0.15, 0.2) is 23.6 Å². The van der Waals surface area contributed by atoms with Crippen LogP contribution >= 0.6 is 11.3 Å². The molecule has 3 rings (SSSR count). The number of benzene rings is 1. The van der Waals surface area contributed by atoms with Crippen LogP contribution < -0.4 is 14.8 Å². The number of aromatic nitrogens is 1. The number of esters is 1. The first-order chi connectivity index (χ1) is 14.0. The van der Waals surface area contributed by atoms with Gasteiger partial charge in [-0.15, -0.1) is 11.3 Å². The highest BCUT2D eigenvalue weighted by Crippen LogP contribution is 2.39. The number of nitrogens with zero attached hydrogens (tertiary/aromatic N) is 1. The van der Waals surface area contributed by atoms with Gasteiger partial charge in [0, 0.05) is 12.3 Å². The van der Waals surface area contributed by atoms with Crippen molar-refractivity contribution in [2.24, 2.45) is 5.92 Å². The molecule has 1 fully saturated rings. The van der Waals surface area contributed by atoms with Crippen LogP contribution in [0.2, 0.25) is 0 Å². The zero-order valence-electron chi connectivity index (χ0n) is 16.9. The molecular weight excluding hydrogens is 392 g/mol. The predicted molar refractivity (Wildman–Crippen MR) is 110 cm³/mol. The van der Waals surface area contributed by atoms with E-state index in [9.17, 15) is 9.59 Å². The van der Waals surface area contributed by atoms with Gasteiger partial charge in [-0.3, -0.25) is 4.79 Å². The fourth-order valence-corrected chi connectivity index (χ4v) is 4.49.